The minimum atomic E-state index is -0.707. The van der Waals surface area contributed by atoms with Crippen LogP contribution in [-0.2, 0) is 16.1 Å². The average molecular weight is 479 g/mol. The quantitative estimate of drug-likeness (QED) is 0.606. The van der Waals surface area contributed by atoms with Gasteiger partial charge in [0.05, 0.1) is 0 Å². The molecule has 0 bridgehead atoms. The first kappa shape index (κ1) is 23.9. The number of aryl methyl sites for hydroxylation is 2. The van der Waals surface area contributed by atoms with Crippen molar-refractivity contribution in [3.05, 3.63) is 63.4 Å². The minimum absolute atomic E-state index is 0.0484. The maximum Gasteiger partial charge on any atom is 0.261 e. The number of nitrogens with zero attached hydrogens (tertiary/aromatic N) is 1. The van der Waals surface area contributed by atoms with E-state index in [2.05, 4.69) is 21.2 Å². The van der Waals surface area contributed by atoms with E-state index in [4.69, 9.17) is 4.74 Å². The van der Waals surface area contributed by atoms with Crippen LogP contribution in [0, 0.1) is 19.7 Å². The summed E-state index contributed by atoms with van der Waals surface area (Å²) in [7, 11) is 0. The fraction of sp³-hybridized carbons (Fsp3) is 0.391. The van der Waals surface area contributed by atoms with Gasteiger partial charge in [-0.15, -0.1) is 0 Å². The molecule has 0 aliphatic heterocycles. The largest absolute Gasteiger partial charge is 0.484 e. The van der Waals surface area contributed by atoms with Gasteiger partial charge in [0.1, 0.15) is 17.6 Å². The zero-order chi connectivity index (χ0) is 22.4. The Morgan fingerprint density at radius 3 is 2.20 bits per heavy atom. The molecule has 0 saturated carbocycles. The summed E-state index contributed by atoms with van der Waals surface area (Å²) in [5.74, 6) is -0.353. The summed E-state index contributed by atoms with van der Waals surface area (Å²) in [6.45, 7) is 9.26. The van der Waals surface area contributed by atoms with E-state index in [0.29, 0.717) is 5.75 Å². The molecule has 7 heteroatoms. The van der Waals surface area contributed by atoms with Crippen LogP contribution in [0.1, 0.15) is 37.5 Å². The lowest BCUT2D eigenvalue weighted by Crippen LogP contribution is -2.50. The molecule has 162 valence electrons. The van der Waals surface area contributed by atoms with Crippen LogP contribution in [0.2, 0.25) is 0 Å². The van der Waals surface area contributed by atoms with Crippen molar-refractivity contribution < 1.29 is 18.7 Å². The molecule has 5 nitrogen and oxygen atoms in total. The van der Waals surface area contributed by atoms with Crippen molar-refractivity contribution in [1.82, 2.24) is 10.2 Å². The van der Waals surface area contributed by atoms with Crippen LogP contribution in [0.4, 0.5) is 4.39 Å². The Morgan fingerprint density at radius 1 is 1.10 bits per heavy atom. The predicted molar refractivity (Wildman–Crippen MR) is 119 cm³/mol. The lowest BCUT2D eigenvalue weighted by Gasteiger charge is -2.29. The van der Waals surface area contributed by atoms with Crippen LogP contribution < -0.4 is 10.1 Å². The van der Waals surface area contributed by atoms with Gasteiger partial charge in [-0.25, -0.2) is 4.39 Å². The molecule has 0 aliphatic rings. The molecular formula is C23H28BrFN2O3. The minimum Gasteiger partial charge on any atom is -0.484 e. The van der Waals surface area contributed by atoms with Crippen LogP contribution >= 0.6 is 15.9 Å². The summed E-state index contributed by atoms with van der Waals surface area (Å²) in [6, 6.07) is 8.82. The SMILES string of the molecule is Cc1cc(OCC(=O)N(Cc2ccc(F)cc2)C(C)C(=O)NC(C)C)cc(C)c1Br. The van der Waals surface area contributed by atoms with Crippen LogP contribution in [-0.4, -0.2) is 35.4 Å². The van der Waals surface area contributed by atoms with Crippen molar-refractivity contribution >= 4 is 27.7 Å². The van der Waals surface area contributed by atoms with Crippen LogP contribution in [0.15, 0.2) is 40.9 Å². The molecule has 0 fully saturated rings. The first-order chi connectivity index (χ1) is 14.1. The Kier molecular flexibility index (Phi) is 8.41. The van der Waals surface area contributed by atoms with Gasteiger partial charge < -0.3 is 15.0 Å². The highest BCUT2D eigenvalue weighted by molar-refractivity contribution is 9.10. The Balaban J connectivity index is 2.18. The molecule has 2 rings (SSSR count). The number of rotatable bonds is 8. The molecule has 0 aromatic heterocycles. The Morgan fingerprint density at radius 2 is 1.67 bits per heavy atom. The highest BCUT2D eigenvalue weighted by Gasteiger charge is 2.27. The van der Waals surface area contributed by atoms with Crippen molar-refractivity contribution in [2.24, 2.45) is 0 Å². The van der Waals surface area contributed by atoms with Crippen LogP contribution in [0.5, 0.6) is 5.75 Å². The smallest absolute Gasteiger partial charge is 0.261 e. The molecule has 1 atom stereocenters. The number of halogens is 2. The summed E-state index contributed by atoms with van der Waals surface area (Å²) in [6.07, 6.45) is 0. The molecule has 0 heterocycles. The Hall–Kier alpha value is -2.41. The highest BCUT2D eigenvalue weighted by Crippen LogP contribution is 2.26. The highest BCUT2D eigenvalue weighted by atomic mass is 79.9. The third-order valence-electron chi connectivity index (χ3n) is 4.64. The van der Waals surface area contributed by atoms with E-state index in [9.17, 15) is 14.0 Å². The maximum atomic E-state index is 13.2. The predicted octanol–water partition coefficient (Wildman–Crippen LogP) is 4.53. The maximum absolute atomic E-state index is 13.2. The zero-order valence-corrected chi connectivity index (χ0v) is 19.5. The second-order valence-corrected chi connectivity index (χ2v) is 8.44. The third kappa shape index (κ3) is 6.55. The molecule has 0 aliphatic carbocycles. The zero-order valence-electron chi connectivity index (χ0n) is 18.0. The van der Waals surface area contributed by atoms with Gasteiger partial charge in [-0.1, -0.05) is 28.1 Å². The normalized spacial score (nSPS) is 11.9. The number of hydrogen-bond donors (Lipinski definition) is 1. The van der Waals surface area contributed by atoms with Gasteiger partial charge in [0.15, 0.2) is 6.61 Å². The number of carbonyl (C=O) groups excluding carboxylic acids is 2. The van der Waals surface area contributed by atoms with Gasteiger partial charge in [0.2, 0.25) is 5.91 Å². The monoisotopic (exact) mass is 478 g/mol. The third-order valence-corrected chi connectivity index (χ3v) is 5.89. The number of hydrogen-bond acceptors (Lipinski definition) is 3. The van der Waals surface area contributed by atoms with Crippen molar-refractivity contribution in [2.75, 3.05) is 6.61 Å². The molecular weight excluding hydrogens is 451 g/mol. The fourth-order valence-corrected chi connectivity index (χ4v) is 3.22. The van der Waals surface area contributed by atoms with Gasteiger partial charge in [-0.2, -0.15) is 0 Å². The summed E-state index contributed by atoms with van der Waals surface area (Å²) in [5, 5.41) is 2.83. The summed E-state index contributed by atoms with van der Waals surface area (Å²) in [5.41, 5.74) is 2.74. The first-order valence-corrected chi connectivity index (χ1v) is 10.6. The van der Waals surface area contributed by atoms with Crippen molar-refractivity contribution in [3.8, 4) is 5.75 Å². The number of ether oxygens (including phenoxy) is 1. The van der Waals surface area contributed by atoms with Gasteiger partial charge in [-0.3, -0.25) is 9.59 Å². The molecule has 2 amide bonds. The standard InChI is InChI=1S/C23H28BrFN2O3/c1-14(2)26-23(29)17(5)27(12-18-6-8-19(25)9-7-18)21(28)13-30-20-10-15(3)22(24)16(4)11-20/h6-11,14,17H,12-13H2,1-5H3,(H,26,29). The van der Waals surface area contributed by atoms with Crippen molar-refractivity contribution in [3.63, 3.8) is 0 Å². The summed E-state index contributed by atoms with van der Waals surface area (Å²) in [4.78, 5) is 27.0. The van der Waals surface area contributed by atoms with E-state index in [1.54, 1.807) is 19.1 Å². The van der Waals surface area contributed by atoms with Gasteiger partial charge >= 0.3 is 0 Å². The Labute approximate surface area is 185 Å². The second-order valence-electron chi connectivity index (χ2n) is 7.65. The van der Waals surface area contributed by atoms with Gasteiger partial charge in [0.25, 0.3) is 5.91 Å². The molecule has 1 N–H and O–H groups in total. The van der Waals surface area contributed by atoms with Gasteiger partial charge in [0, 0.05) is 17.1 Å². The van der Waals surface area contributed by atoms with E-state index in [1.165, 1.54) is 17.0 Å². The van der Waals surface area contributed by atoms with Crippen LogP contribution in [0.3, 0.4) is 0 Å². The topological polar surface area (TPSA) is 58.6 Å². The number of carbonyl (C=O) groups is 2. The summed E-state index contributed by atoms with van der Waals surface area (Å²) < 4.78 is 20.0. The number of amides is 2. The van der Waals surface area contributed by atoms with Crippen molar-refractivity contribution in [2.45, 2.75) is 53.2 Å². The molecule has 2 aromatic rings. The molecule has 1 unspecified atom stereocenters. The lowest BCUT2D eigenvalue weighted by molar-refractivity contribution is -0.142. The Bertz CT molecular complexity index is 877. The van der Waals surface area contributed by atoms with Gasteiger partial charge in [-0.05, 0) is 75.6 Å². The van der Waals surface area contributed by atoms with E-state index in [-0.39, 0.29) is 36.8 Å². The molecule has 30 heavy (non-hydrogen) atoms. The molecule has 0 saturated heterocycles. The summed E-state index contributed by atoms with van der Waals surface area (Å²) >= 11 is 3.51. The molecule has 0 radical (unpaired) electrons. The van der Waals surface area contributed by atoms with Crippen molar-refractivity contribution in [1.29, 1.82) is 0 Å². The average Bonchev–Trinajstić information content (AvgIpc) is 2.68. The van der Waals surface area contributed by atoms with E-state index in [1.807, 2.05) is 39.8 Å². The van der Waals surface area contributed by atoms with Crippen LogP contribution in [0.25, 0.3) is 0 Å². The molecule has 2 aromatic carbocycles. The number of nitrogens with one attached hydrogen (secondary N) is 1. The first-order valence-electron chi connectivity index (χ1n) is 9.82. The van der Waals surface area contributed by atoms with E-state index in [0.717, 1.165) is 21.2 Å². The van der Waals surface area contributed by atoms with E-state index >= 15 is 0 Å². The lowest BCUT2D eigenvalue weighted by atomic mass is 10.1. The molecule has 0 spiro atoms. The second kappa shape index (κ2) is 10.6. The van der Waals surface area contributed by atoms with E-state index < -0.39 is 6.04 Å². The fourth-order valence-electron chi connectivity index (χ4n) is 2.99. The number of benzene rings is 2.